The third kappa shape index (κ3) is 5.36. The molecule has 0 bridgehead atoms. The Labute approximate surface area is 224 Å². The molecule has 0 aliphatic carbocycles. The van der Waals surface area contributed by atoms with E-state index in [9.17, 15) is 14.0 Å². The highest BCUT2D eigenvalue weighted by molar-refractivity contribution is 7.16. The topological polar surface area (TPSA) is 78.2 Å². The second-order valence-electron chi connectivity index (χ2n) is 8.01. The molecular weight excluding hydrogens is 535 g/mol. The normalized spacial score (nSPS) is 11.0. The first kappa shape index (κ1) is 24.9. The lowest BCUT2D eigenvalue weighted by molar-refractivity contribution is 0.0944. The van der Waals surface area contributed by atoms with Gasteiger partial charge in [-0.2, -0.15) is 21.1 Å². The van der Waals surface area contributed by atoms with Crippen LogP contribution in [-0.4, -0.2) is 27.4 Å². The van der Waals surface area contributed by atoms with Crippen molar-refractivity contribution in [1.82, 2.24) is 14.3 Å². The first-order valence-corrected chi connectivity index (χ1v) is 13.2. The number of hydrogen-bond acceptors (Lipinski definition) is 7. The van der Waals surface area contributed by atoms with Crippen LogP contribution in [0.4, 0.5) is 10.2 Å². The molecule has 0 radical (unpaired) electrons. The molecule has 188 valence electrons. The second kappa shape index (κ2) is 10.7. The molecule has 0 fully saturated rings. The summed E-state index contributed by atoms with van der Waals surface area (Å²) in [6.07, 6.45) is 0. The van der Waals surface area contributed by atoms with Gasteiger partial charge in [0.05, 0.1) is 35.8 Å². The molecule has 0 aliphatic heterocycles. The standard InChI is InChI=1S/C26H20ClFN4O3S2/c1-35-17-10-22(31(25(33)11-17)14-16-8-9-36-15-16)21-12-24(29-13-18-6-7-23(27)37-18)32(30-21)26(34)19-4-2-3-5-20(19)28/h2-12,15,29H,13-14H2,1H3. The van der Waals surface area contributed by atoms with E-state index in [0.717, 1.165) is 15.1 Å². The van der Waals surface area contributed by atoms with Gasteiger partial charge in [-0.3, -0.25) is 9.59 Å². The molecule has 37 heavy (non-hydrogen) atoms. The van der Waals surface area contributed by atoms with Crippen molar-refractivity contribution in [2.75, 3.05) is 12.4 Å². The van der Waals surface area contributed by atoms with Crippen LogP contribution >= 0.6 is 34.3 Å². The van der Waals surface area contributed by atoms with E-state index < -0.39 is 11.7 Å². The average molecular weight is 555 g/mol. The van der Waals surface area contributed by atoms with Gasteiger partial charge in [-0.1, -0.05) is 23.7 Å². The molecule has 1 N–H and O–H groups in total. The number of thiophene rings is 2. The number of nitrogens with zero attached hydrogens (tertiary/aromatic N) is 3. The molecule has 4 aromatic heterocycles. The summed E-state index contributed by atoms with van der Waals surface area (Å²) in [5.41, 5.74) is 1.35. The average Bonchev–Trinajstić information content (AvgIpc) is 3.65. The van der Waals surface area contributed by atoms with Crippen molar-refractivity contribution in [3.63, 3.8) is 0 Å². The van der Waals surface area contributed by atoms with Crippen molar-refractivity contribution in [2.24, 2.45) is 0 Å². The van der Waals surface area contributed by atoms with Crippen molar-refractivity contribution in [2.45, 2.75) is 13.1 Å². The Balaban J connectivity index is 1.61. The molecule has 0 atom stereocenters. The molecule has 11 heteroatoms. The molecule has 7 nitrogen and oxygen atoms in total. The van der Waals surface area contributed by atoms with Crippen LogP contribution < -0.4 is 15.6 Å². The maximum absolute atomic E-state index is 14.5. The predicted octanol–water partition coefficient (Wildman–Crippen LogP) is 5.98. The lowest BCUT2D eigenvalue weighted by Gasteiger charge is -2.12. The van der Waals surface area contributed by atoms with Crippen LogP contribution in [0.2, 0.25) is 4.34 Å². The molecule has 0 saturated carbocycles. The maximum atomic E-state index is 14.5. The van der Waals surface area contributed by atoms with Gasteiger partial charge < -0.3 is 14.6 Å². The van der Waals surface area contributed by atoms with E-state index in [2.05, 4.69) is 10.4 Å². The minimum atomic E-state index is -0.656. The highest BCUT2D eigenvalue weighted by atomic mass is 35.5. The molecule has 0 spiro atoms. The fraction of sp³-hybridized carbons (Fsp3) is 0.115. The van der Waals surface area contributed by atoms with E-state index in [1.54, 1.807) is 28.8 Å². The summed E-state index contributed by atoms with van der Waals surface area (Å²) in [4.78, 5) is 27.4. The van der Waals surface area contributed by atoms with Gasteiger partial charge in [-0.25, -0.2) is 4.39 Å². The van der Waals surface area contributed by atoms with Crippen LogP contribution in [0.3, 0.4) is 0 Å². The van der Waals surface area contributed by atoms with E-state index in [-0.39, 0.29) is 11.1 Å². The summed E-state index contributed by atoms with van der Waals surface area (Å²) < 4.78 is 23.2. The smallest absolute Gasteiger partial charge is 0.283 e. The molecule has 5 aromatic rings. The van der Waals surface area contributed by atoms with Crippen molar-refractivity contribution in [3.8, 4) is 17.1 Å². The summed E-state index contributed by atoms with van der Waals surface area (Å²) in [7, 11) is 1.47. The zero-order valence-electron chi connectivity index (χ0n) is 19.5. The van der Waals surface area contributed by atoms with Gasteiger partial charge >= 0.3 is 0 Å². The number of hydrogen-bond donors (Lipinski definition) is 1. The quantitative estimate of drug-likeness (QED) is 0.255. The zero-order valence-corrected chi connectivity index (χ0v) is 21.9. The van der Waals surface area contributed by atoms with Gasteiger partial charge in [0.1, 0.15) is 23.1 Å². The Kier molecular flexibility index (Phi) is 7.22. The lowest BCUT2D eigenvalue weighted by Crippen LogP contribution is -2.22. The Morgan fingerprint density at radius 3 is 2.70 bits per heavy atom. The Bertz CT molecular complexity index is 1620. The van der Waals surface area contributed by atoms with Crippen molar-refractivity contribution < 1.29 is 13.9 Å². The minimum absolute atomic E-state index is 0.124. The summed E-state index contributed by atoms with van der Waals surface area (Å²) in [5.74, 6) is -0.605. The fourth-order valence-electron chi connectivity index (χ4n) is 3.79. The predicted molar refractivity (Wildman–Crippen MR) is 145 cm³/mol. The summed E-state index contributed by atoms with van der Waals surface area (Å²) in [5, 5.41) is 11.6. The van der Waals surface area contributed by atoms with E-state index >= 15 is 0 Å². The number of pyridine rings is 1. The van der Waals surface area contributed by atoms with Crippen LogP contribution in [0, 0.1) is 5.82 Å². The number of carbonyl (C=O) groups excluding carboxylic acids is 1. The number of halogens is 2. The first-order valence-electron chi connectivity index (χ1n) is 11.1. The van der Waals surface area contributed by atoms with Gasteiger partial charge in [0.15, 0.2) is 0 Å². The van der Waals surface area contributed by atoms with E-state index in [1.165, 1.54) is 54.0 Å². The highest BCUT2D eigenvalue weighted by Gasteiger charge is 2.22. The zero-order chi connectivity index (χ0) is 25.9. The highest BCUT2D eigenvalue weighted by Crippen LogP contribution is 2.28. The monoisotopic (exact) mass is 554 g/mol. The SMILES string of the molecule is COc1cc(-c2cc(NCc3ccc(Cl)s3)n(C(=O)c3ccccc3F)n2)n(Cc2ccsc2)c(=O)c1. The molecular formula is C26H20ClFN4O3S2. The van der Waals surface area contributed by atoms with Crippen LogP contribution in [0.1, 0.15) is 20.8 Å². The second-order valence-corrected chi connectivity index (χ2v) is 10.6. The summed E-state index contributed by atoms with van der Waals surface area (Å²) >= 11 is 8.99. The molecule has 1 aromatic carbocycles. The van der Waals surface area contributed by atoms with Crippen LogP contribution in [-0.2, 0) is 13.1 Å². The van der Waals surface area contributed by atoms with Crippen molar-refractivity contribution in [1.29, 1.82) is 0 Å². The van der Waals surface area contributed by atoms with Crippen molar-refractivity contribution >= 4 is 46.0 Å². The van der Waals surface area contributed by atoms with Gasteiger partial charge in [-0.15, -0.1) is 11.3 Å². The number of ether oxygens (including phenoxy) is 1. The largest absolute Gasteiger partial charge is 0.496 e. The first-order chi connectivity index (χ1) is 17.9. The Hall–Kier alpha value is -3.73. The third-order valence-corrected chi connectivity index (χ3v) is 7.56. The minimum Gasteiger partial charge on any atom is -0.496 e. The van der Waals surface area contributed by atoms with Gasteiger partial charge in [0.25, 0.3) is 11.5 Å². The van der Waals surface area contributed by atoms with Gasteiger partial charge in [-0.05, 0) is 46.7 Å². The third-order valence-electron chi connectivity index (χ3n) is 5.60. The lowest BCUT2D eigenvalue weighted by atomic mass is 10.2. The molecule has 0 saturated heterocycles. The summed E-state index contributed by atoms with van der Waals surface area (Å²) in [6.45, 7) is 0.680. The van der Waals surface area contributed by atoms with Gasteiger partial charge in [0.2, 0.25) is 0 Å². The maximum Gasteiger partial charge on any atom is 0.283 e. The number of carbonyl (C=O) groups is 1. The van der Waals surface area contributed by atoms with Crippen LogP contribution in [0.5, 0.6) is 5.75 Å². The molecule has 0 aliphatic rings. The number of methoxy groups -OCH3 is 1. The summed E-state index contributed by atoms with van der Waals surface area (Å²) in [6, 6.07) is 16.1. The fourth-order valence-corrected chi connectivity index (χ4v) is 5.48. The van der Waals surface area contributed by atoms with Crippen molar-refractivity contribution in [3.05, 3.63) is 108 Å². The molecule has 0 unspecified atom stereocenters. The number of benzene rings is 1. The Morgan fingerprint density at radius 1 is 1.16 bits per heavy atom. The van der Waals surface area contributed by atoms with Crippen LogP contribution in [0.15, 0.2) is 76.2 Å². The van der Waals surface area contributed by atoms with E-state index in [1.807, 2.05) is 22.9 Å². The molecule has 5 rings (SSSR count). The van der Waals surface area contributed by atoms with Crippen LogP contribution in [0.25, 0.3) is 11.4 Å². The number of nitrogens with one attached hydrogen (secondary N) is 1. The Morgan fingerprint density at radius 2 is 2.00 bits per heavy atom. The van der Waals surface area contributed by atoms with E-state index in [4.69, 9.17) is 16.3 Å². The molecule has 0 amide bonds. The van der Waals surface area contributed by atoms with Gasteiger partial charge in [0, 0.05) is 23.1 Å². The number of aromatic nitrogens is 3. The van der Waals surface area contributed by atoms with E-state index in [0.29, 0.717) is 40.4 Å². The number of rotatable bonds is 8. The molecule has 4 heterocycles. The number of anilines is 1.